The van der Waals surface area contributed by atoms with E-state index in [1.165, 1.54) is 30.3 Å². The molecule has 1 rings (SSSR count). The van der Waals surface area contributed by atoms with Crippen LogP contribution in [0.15, 0.2) is 34.3 Å². The minimum Gasteiger partial charge on any atom is -0.409 e. The van der Waals surface area contributed by atoms with Crippen molar-refractivity contribution in [3.8, 4) is 6.07 Å². The third-order valence-electron chi connectivity index (χ3n) is 1.56. The third kappa shape index (κ3) is 3.20. The van der Waals surface area contributed by atoms with Crippen LogP contribution in [0.5, 0.6) is 0 Å². The number of hydrogen-bond acceptors (Lipinski definition) is 5. The van der Waals surface area contributed by atoms with Gasteiger partial charge in [-0.1, -0.05) is 16.8 Å². The molecule has 1 N–H and O–H groups in total. The molecule has 0 fully saturated rings. The summed E-state index contributed by atoms with van der Waals surface area (Å²) >= 11 is 5.57. The van der Waals surface area contributed by atoms with Gasteiger partial charge < -0.3 is 5.21 Å². The Kier molecular flexibility index (Phi) is 6.00. The molecule has 0 saturated heterocycles. The van der Waals surface area contributed by atoms with E-state index < -0.39 is 14.9 Å². The van der Waals surface area contributed by atoms with Gasteiger partial charge in [-0.05, 0) is 24.3 Å². The molecule has 1 aromatic carbocycles. The minimum atomic E-state index is -4.04. The molecule has 0 aliphatic carbocycles. The molecule has 0 aliphatic heterocycles. The van der Waals surface area contributed by atoms with Crippen LogP contribution in [0.4, 0.5) is 0 Å². The summed E-state index contributed by atoms with van der Waals surface area (Å²) < 4.78 is 23.1. The molecule has 0 atom stereocenters. The van der Waals surface area contributed by atoms with E-state index in [-0.39, 0.29) is 34.5 Å². The zero-order valence-corrected chi connectivity index (χ0v) is 11.8. The van der Waals surface area contributed by atoms with Crippen molar-refractivity contribution >= 4 is 56.0 Å². The largest absolute Gasteiger partial charge is 0.409 e. The zero-order chi connectivity index (χ0) is 11.5. The topological polar surface area (TPSA) is 90.5 Å². The van der Waals surface area contributed by atoms with E-state index in [0.717, 1.165) is 0 Å². The molecule has 8 heteroatoms. The standard InChI is InChI=1S/C8H5ClN2O3S.Na/c9-6-1-3-7(4-2-6)15(13,14)8(5-10)11-12;/h1-4,12H;. The quantitative estimate of drug-likeness (QED) is 0.271. The Balaban J connectivity index is 0.00000225. The van der Waals surface area contributed by atoms with Gasteiger partial charge in [0.15, 0.2) is 0 Å². The number of oxime groups is 1. The molecule has 0 heterocycles. The first kappa shape index (κ1) is 15.4. The third-order valence-corrected chi connectivity index (χ3v) is 3.39. The summed E-state index contributed by atoms with van der Waals surface area (Å²) in [5.74, 6) is 0. The van der Waals surface area contributed by atoms with Gasteiger partial charge in [-0.2, -0.15) is 5.26 Å². The van der Waals surface area contributed by atoms with E-state index in [9.17, 15) is 8.42 Å². The van der Waals surface area contributed by atoms with Crippen LogP contribution in [-0.2, 0) is 9.84 Å². The Morgan fingerprint density at radius 3 is 2.25 bits per heavy atom. The number of hydrogen-bond donors (Lipinski definition) is 1. The van der Waals surface area contributed by atoms with E-state index >= 15 is 0 Å². The second kappa shape index (κ2) is 6.23. The van der Waals surface area contributed by atoms with Crippen LogP contribution < -0.4 is 0 Å². The van der Waals surface area contributed by atoms with E-state index in [1.807, 2.05) is 0 Å². The zero-order valence-electron chi connectivity index (χ0n) is 8.25. The molecule has 1 aromatic rings. The van der Waals surface area contributed by atoms with E-state index in [4.69, 9.17) is 22.1 Å². The maximum atomic E-state index is 11.5. The first-order valence-corrected chi connectivity index (χ1v) is 5.51. The molecular weight excluding hydrogens is 263 g/mol. The van der Waals surface area contributed by atoms with Gasteiger partial charge >= 0.3 is 0 Å². The number of nitrogens with zero attached hydrogens (tertiary/aromatic N) is 2. The smallest absolute Gasteiger partial charge is 0.275 e. The SMILES string of the molecule is N#CC(=NO)S(=O)(=O)c1ccc(Cl)cc1.[Na]. The molecule has 0 aliphatic rings. The Bertz CT molecular complexity index is 533. The van der Waals surface area contributed by atoms with Crippen molar-refractivity contribution in [2.24, 2.45) is 5.16 Å². The average molecular weight is 268 g/mol. The summed E-state index contributed by atoms with van der Waals surface area (Å²) in [5, 5.41) is 18.6. The van der Waals surface area contributed by atoms with Crippen LogP contribution in [0.2, 0.25) is 5.02 Å². The summed E-state index contributed by atoms with van der Waals surface area (Å²) in [5.41, 5.74) is 0. The molecular formula is C8H5ClN2NaO3S. The van der Waals surface area contributed by atoms with Gasteiger partial charge in [0, 0.05) is 34.6 Å². The predicted molar refractivity (Wildman–Crippen MR) is 59.2 cm³/mol. The Hall–Kier alpha value is -0.580. The van der Waals surface area contributed by atoms with Crippen LogP contribution in [0.25, 0.3) is 0 Å². The van der Waals surface area contributed by atoms with E-state index in [0.29, 0.717) is 5.02 Å². The summed E-state index contributed by atoms with van der Waals surface area (Å²) in [6.45, 7) is 0. The maximum absolute atomic E-state index is 11.5. The summed E-state index contributed by atoms with van der Waals surface area (Å²) in [6, 6.07) is 6.45. The fourth-order valence-electron chi connectivity index (χ4n) is 0.862. The Morgan fingerprint density at radius 1 is 1.38 bits per heavy atom. The van der Waals surface area contributed by atoms with Crippen molar-refractivity contribution in [1.29, 1.82) is 5.26 Å². The van der Waals surface area contributed by atoms with Gasteiger partial charge in [-0.3, -0.25) is 0 Å². The van der Waals surface area contributed by atoms with Crippen LogP contribution >= 0.6 is 11.6 Å². The molecule has 0 spiro atoms. The van der Waals surface area contributed by atoms with E-state index in [2.05, 4.69) is 5.16 Å². The normalized spacial score (nSPS) is 11.4. The van der Waals surface area contributed by atoms with Crippen LogP contribution in [0, 0.1) is 11.3 Å². The molecule has 16 heavy (non-hydrogen) atoms. The van der Waals surface area contributed by atoms with Crippen molar-refractivity contribution in [3.05, 3.63) is 29.3 Å². The number of rotatable bonds is 1. The van der Waals surface area contributed by atoms with Crippen LogP contribution in [0.3, 0.4) is 0 Å². The van der Waals surface area contributed by atoms with Crippen LogP contribution in [0.1, 0.15) is 0 Å². The van der Waals surface area contributed by atoms with Crippen molar-refractivity contribution in [3.63, 3.8) is 0 Å². The number of sulfone groups is 1. The molecule has 0 unspecified atom stereocenters. The molecule has 79 valence electrons. The average Bonchev–Trinajstić information content (AvgIpc) is 2.19. The fraction of sp³-hybridized carbons (Fsp3) is 0. The molecule has 0 bridgehead atoms. The second-order valence-corrected chi connectivity index (χ2v) is 4.78. The first-order chi connectivity index (χ1) is 7.02. The fourth-order valence-corrected chi connectivity index (χ4v) is 1.93. The number of halogens is 1. The molecule has 5 nitrogen and oxygen atoms in total. The summed E-state index contributed by atoms with van der Waals surface area (Å²) in [4.78, 5) is -0.152. The summed E-state index contributed by atoms with van der Waals surface area (Å²) in [6.07, 6.45) is 0. The summed E-state index contributed by atoms with van der Waals surface area (Å²) in [7, 11) is -4.04. The van der Waals surface area contributed by atoms with Gasteiger partial charge in [0.2, 0.25) is 9.84 Å². The van der Waals surface area contributed by atoms with Gasteiger partial charge in [0.25, 0.3) is 5.04 Å². The van der Waals surface area contributed by atoms with Crippen LogP contribution in [-0.4, -0.2) is 48.2 Å². The van der Waals surface area contributed by atoms with Gasteiger partial charge in [0.05, 0.1) is 4.90 Å². The number of nitriles is 1. The maximum Gasteiger partial charge on any atom is 0.275 e. The second-order valence-electron chi connectivity index (χ2n) is 2.47. The number of benzene rings is 1. The monoisotopic (exact) mass is 267 g/mol. The van der Waals surface area contributed by atoms with Crippen molar-refractivity contribution in [2.45, 2.75) is 4.90 Å². The van der Waals surface area contributed by atoms with Gasteiger partial charge in [0.1, 0.15) is 6.07 Å². The molecule has 0 amide bonds. The predicted octanol–water partition coefficient (Wildman–Crippen LogP) is 1.04. The molecule has 0 aromatic heterocycles. The van der Waals surface area contributed by atoms with Gasteiger partial charge in [-0.25, -0.2) is 8.42 Å². The van der Waals surface area contributed by atoms with Crippen molar-refractivity contribution < 1.29 is 13.6 Å². The van der Waals surface area contributed by atoms with Crippen molar-refractivity contribution in [2.75, 3.05) is 0 Å². The molecule has 1 radical (unpaired) electrons. The molecule has 0 saturated carbocycles. The Labute approximate surface area is 120 Å². The van der Waals surface area contributed by atoms with Gasteiger partial charge in [-0.15, -0.1) is 0 Å². The van der Waals surface area contributed by atoms with E-state index in [1.54, 1.807) is 0 Å². The first-order valence-electron chi connectivity index (χ1n) is 3.65. The Morgan fingerprint density at radius 2 is 1.88 bits per heavy atom. The van der Waals surface area contributed by atoms with Crippen molar-refractivity contribution in [1.82, 2.24) is 0 Å². The minimum absolute atomic E-state index is 0.